The molecule has 0 aliphatic carbocycles. The Morgan fingerprint density at radius 2 is 2.00 bits per heavy atom. The fourth-order valence-corrected chi connectivity index (χ4v) is 1.52. The van der Waals surface area contributed by atoms with Crippen LogP contribution in [0.3, 0.4) is 0 Å². The van der Waals surface area contributed by atoms with Crippen LogP contribution in [0.4, 0.5) is 0 Å². The van der Waals surface area contributed by atoms with Crippen LogP contribution in [-0.4, -0.2) is 43.5 Å². The number of rotatable bonds is 8. The van der Waals surface area contributed by atoms with Gasteiger partial charge in [-0.05, 0) is 18.6 Å². The number of carbonyl (C=O) groups excluding carboxylic acids is 2. The minimum atomic E-state index is -0.851. The van der Waals surface area contributed by atoms with E-state index in [-0.39, 0.29) is 19.8 Å². The number of hydrogen-bond donors (Lipinski definition) is 2. The van der Waals surface area contributed by atoms with Gasteiger partial charge in [0.05, 0.1) is 19.1 Å². The summed E-state index contributed by atoms with van der Waals surface area (Å²) in [6, 6.07) is 8.42. The van der Waals surface area contributed by atoms with Gasteiger partial charge in [-0.1, -0.05) is 18.2 Å². The van der Waals surface area contributed by atoms with Gasteiger partial charge in [0, 0.05) is 12.7 Å². The average molecular weight is 281 g/mol. The Balaban J connectivity index is 2.27. The van der Waals surface area contributed by atoms with Gasteiger partial charge < -0.3 is 14.6 Å². The van der Waals surface area contributed by atoms with E-state index in [4.69, 9.17) is 4.74 Å². The number of amides is 2. The molecule has 0 heterocycles. The topological polar surface area (TPSA) is 84.9 Å². The molecule has 0 aliphatic rings. The zero-order valence-electron chi connectivity index (χ0n) is 11.4. The Labute approximate surface area is 117 Å². The number of carbonyl (C=O) groups is 2. The van der Waals surface area contributed by atoms with Crippen molar-refractivity contribution in [1.82, 2.24) is 5.32 Å². The second-order valence-corrected chi connectivity index (χ2v) is 4.20. The molecule has 1 aromatic carbocycles. The summed E-state index contributed by atoms with van der Waals surface area (Å²) < 4.78 is 9.68. The molecule has 0 aliphatic heterocycles. The van der Waals surface area contributed by atoms with Crippen molar-refractivity contribution >= 4 is 11.8 Å². The van der Waals surface area contributed by atoms with E-state index in [0.717, 1.165) is 0 Å². The van der Waals surface area contributed by atoms with Crippen molar-refractivity contribution in [2.75, 3.05) is 20.5 Å². The number of aliphatic hydroxyl groups excluding tert-OH is 1. The molecule has 0 aromatic heterocycles. The molecular formula is C14H19NO5. The van der Waals surface area contributed by atoms with Crippen LogP contribution in [0, 0.1) is 0 Å². The SMILES string of the molecule is COCOCC[C@H](O)CC(=O)NC(=O)c1ccccc1. The van der Waals surface area contributed by atoms with Crippen molar-refractivity contribution in [3.8, 4) is 0 Å². The minimum Gasteiger partial charge on any atom is -0.393 e. The van der Waals surface area contributed by atoms with Crippen LogP contribution < -0.4 is 5.32 Å². The van der Waals surface area contributed by atoms with Crippen molar-refractivity contribution in [3.05, 3.63) is 35.9 Å². The van der Waals surface area contributed by atoms with Crippen molar-refractivity contribution in [2.24, 2.45) is 0 Å². The quantitative estimate of drug-likeness (QED) is 0.541. The number of methoxy groups -OCH3 is 1. The third-order valence-electron chi connectivity index (χ3n) is 2.51. The van der Waals surface area contributed by atoms with Crippen LogP contribution in [0.2, 0.25) is 0 Å². The number of ether oxygens (including phenoxy) is 2. The molecule has 0 radical (unpaired) electrons. The molecule has 0 unspecified atom stereocenters. The lowest BCUT2D eigenvalue weighted by molar-refractivity contribution is -0.122. The summed E-state index contributed by atoms with van der Waals surface area (Å²) in [5, 5.41) is 11.8. The maximum absolute atomic E-state index is 11.7. The van der Waals surface area contributed by atoms with E-state index < -0.39 is 17.9 Å². The Hall–Kier alpha value is -1.76. The first-order chi connectivity index (χ1) is 9.63. The smallest absolute Gasteiger partial charge is 0.257 e. The highest BCUT2D eigenvalue weighted by atomic mass is 16.7. The summed E-state index contributed by atoms with van der Waals surface area (Å²) in [5.41, 5.74) is 0.402. The van der Waals surface area contributed by atoms with Crippen LogP contribution in [0.5, 0.6) is 0 Å². The first-order valence-electron chi connectivity index (χ1n) is 6.27. The zero-order valence-corrected chi connectivity index (χ0v) is 11.4. The molecule has 0 fully saturated rings. The van der Waals surface area contributed by atoms with Crippen molar-refractivity contribution < 1.29 is 24.2 Å². The standard InChI is InChI=1S/C14H19NO5/c1-19-10-20-8-7-12(16)9-13(17)15-14(18)11-5-3-2-4-6-11/h2-6,12,16H,7-10H2,1H3,(H,15,17,18)/t12-/m0/s1. The lowest BCUT2D eigenvalue weighted by Gasteiger charge is -2.10. The van der Waals surface area contributed by atoms with Gasteiger partial charge in [0.25, 0.3) is 5.91 Å². The summed E-state index contributed by atoms with van der Waals surface area (Å²) in [7, 11) is 1.50. The highest BCUT2D eigenvalue weighted by Gasteiger charge is 2.14. The number of nitrogens with one attached hydrogen (secondary N) is 1. The van der Waals surface area contributed by atoms with Gasteiger partial charge >= 0.3 is 0 Å². The Bertz CT molecular complexity index is 421. The molecule has 0 saturated carbocycles. The van der Waals surface area contributed by atoms with Crippen molar-refractivity contribution in [1.29, 1.82) is 0 Å². The molecule has 0 spiro atoms. The van der Waals surface area contributed by atoms with Crippen molar-refractivity contribution in [2.45, 2.75) is 18.9 Å². The predicted molar refractivity (Wildman–Crippen MR) is 72.0 cm³/mol. The van der Waals surface area contributed by atoms with Crippen molar-refractivity contribution in [3.63, 3.8) is 0 Å². The molecule has 6 heteroatoms. The molecule has 2 amide bonds. The first kappa shape index (κ1) is 16.3. The van der Waals surface area contributed by atoms with E-state index in [2.05, 4.69) is 10.1 Å². The molecule has 0 bridgehead atoms. The molecule has 1 atom stereocenters. The van der Waals surface area contributed by atoms with E-state index >= 15 is 0 Å². The van der Waals surface area contributed by atoms with E-state index in [9.17, 15) is 14.7 Å². The molecule has 110 valence electrons. The molecule has 0 saturated heterocycles. The first-order valence-corrected chi connectivity index (χ1v) is 6.27. The summed E-state index contributed by atoms with van der Waals surface area (Å²) in [5.74, 6) is -0.989. The van der Waals surface area contributed by atoms with E-state index in [1.807, 2.05) is 0 Å². The van der Waals surface area contributed by atoms with Gasteiger partial charge in [-0.2, -0.15) is 0 Å². The summed E-state index contributed by atoms with van der Waals surface area (Å²) in [6.45, 7) is 0.431. The van der Waals surface area contributed by atoms with Gasteiger partial charge in [0.15, 0.2) is 0 Å². The van der Waals surface area contributed by atoms with Crippen LogP contribution in [-0.2, 0) is 14.3 Å². The van der Waals surface area contributed by atoms with Crippen LogP contribution in [0.25, 0.3) is 0 Å². The molecule has 20 heavy (non-hydrogen) atoms. The Morgan fingerprint density at radius 3 is 2.65 bits per heavy atom. The Morgan fingerprint density at radius 1 is 1.30 bits per heavy atom. The van der Waals surface area contributed by atoms with Gasteiger partial charge in [0.2, 0.25) is 5.91 Å². The average Bonchev–Trinajstić information content (AvgIpc) is 2.44. The van der Waals surface area contributed by atoms with Gasteiger partial charge in [-0.25, -0.2) is 0 Å². The molecule has 1 rings (SSSR count). The van der Waals surface area contributed by atoms with Gasteiger partial charge in [0.1, 0.15) is 6.79 Å². The molecule has 1 aromatic rings. The molecule has 2 N–H and O–H groups in total. The summed E-state index contributed by atoms with van der Waals surface area (Å²) in [4.78, 5) is 23.2. The maximum Gasteiger partial charge on any atom is 0.257 e. The molecular weight excluding hydrogens is 262 g/mol. The highest BCUT2D eigenvalue weighted by Crippen LogP contribution is 2.01. The second kappa shape index (κ2) is 9.19. The lowest BCUT2D eigenvalue weighted by Crippen LogP contribution is -2.33. The van der Waals surface area contributed by atoms with Crippen LogP contribution >= 0.6 is 0 Å². The van der Waals surface area contributed by atoms with E-state index in [1.165, 1.54) is 7.11 Å². The fraction of sp³-hybridized carbons (Fsp3) is 0.429. The minimum absolute atomic E-state index is 0.144. The molecule has 6 nitrogen and oxygen atoms in total. The van der Waals surface area contributed by atoms with Crippen LogP contribution in [0.15, 0.2) is 30.3 Å². The monoisotopic (exact) mass is 281 g/mol. The normalized spacial score (nSPS) is 11.9. The maximum atomic E-state index is 11.7. The number of aliphatic hydroxyl groups is 1. The Kier molecular flexibility index (Phi) is 7.49. The third kappa shape index (κ3) is 6.42. The third-order valence-corrected chi connectivity index (χ3v) is 2.51. The zero-order chi connectivity index (χ0) is 14.8. The van der Waals surface area contributed by atoms with Crippen LogP contribution in [0.1, 0.15) is 23.2 Å². The van der Waals surface area contributed by atoms with Gasteiger partial charge in [-0.15, -0.1) is 0 Å². The van der Waals surface area contributed by atoms with E-state index in [1.54, 1.807) is 30.3 Å². The summed E-state index contributed by atoms with van der Waals surface area (Å²) in [6.07, 6.45) is -0.693. The second-order valence-electron chi connectivity index (χ2n) is 4.20. The highest BCUT2D eigenvalue weighted by molar-refractivity contribution is 6.04. The van der Waals surface area contributed by atoms with Gasteiger partial charge in [-0.3, -0.25) is 14.9 Å². The predicted octanol–water partition coefficient (Wildman–Crippen LogP) is 0.705. The lowest BCUT2D eigenvalue weighted by atomic mass is 10.1. The number of imide groups is 1. The summed E-state index contributed by atoms with van der Waals surface area (Å²) >= 11 is 0. The largest absolute Gasteiger partial charge is 0.393 e. The number of hydrogen-bond acceptors (Lipinski definition) is 5. The van der Waals surface area contributed by atoms with E-state index in [0.29, 0.717) is 12.0 Å². The fourth-order valence-electron chi connectivity index (χ4n) is 1.52. The number of benzene rings is 1.